The lowest BCUT2D eigenvalue weighted by atomic mass is 9.99. The van der Waals surface area contributed by atoms with Crippen LogP contribution in [0.4, 0.5) is 8.78 Å². The lowest BCUT2D eigenvalue weighted by Crippen LogP contribution is -2.26. The molecule has 148 valence electrons. The molecule has 0 radical (unpaired) electrons. The molecule has 0 bridgehead atoms. The fourth-order valence-electron chi connectivity index (χ4n) is 3.35. The van der Waals surface area contributed by atoms with E-state index in [0.717, 1.165) is 6.07 Å². The summed E-state index contributed by atoms with van der Waals surface area (Å²) in [6.45, 7) is 4.25. The SMILES string of the molecule is CCn1cnc2c(=O)n(-c3ccc(Cl)cc3)c(C(C)c3cc(F)cc(F)c3)nc21. The first-order valence-electron chi connectivity index (χ1n) is 9.08. The van der Waals surface area contributed by atoms with E-state index in [-0.39, 0.29) is 11.1 Å². The smallest absolute Gasteiger partial charge is 0.286 e. The quantitative estimate of drug-likeness (QED) is 0.487. The second kappa shape index (κ2) is 7.40. The van der Waals surface area contributed by atoms with Crippen molar-refractivity contribution in [2.75, 3.05) is 0 Å². The molecule has 1 unspecified atom stereocenters. The molecule has 0 fully saturated rings. The molecule has 0 amide bonds. The monoisotopic (exact) mass is 414 g/mol. The molecule has 29 heavy (non-hydrogen) atoms. The highest BCUT2D eigenvalue weighted by Gasteiger charge is 2.22. The summed E-state index contributed by atoms with van der Waals surface area (Å²) in [6.07, 6.45) is 1.56. The minimum Gasteiger partial charge on any atom is -0.315 e. The van der Waals surface area contributed by atoms with Crippen LogP contribution in [-0.4, -0.2) is 19.1 Å². The van der Waals surface area contributed by atoms with Crippen LogP contribution in [0, 0.1) is 11.6 Å². The Morgan fingerprint density at radius 2 is 1.76 bits per heavy atom. The minimum absolute atomic E-state index is 0.225. The molecule has 2 aromatic carbocycles. The predicted molar refractivity (Wildman–Crippen MR) is 108 cm³/mol. The molecule has 4 rings (SSSR count). The molecule has 1 atom stereocenters. The fraction of sp³-hybridized carbons (Fsp3) is 0.190. The highest BCUT2D eigenvalue weighted by atomic mass is 35.5. The molecule has 0 saturated heterocycles. The normalized spacial score (nSPS) is 12.4. The van der Waals surface area contributed by atoms with Gasteiger partial charge in [0.15, 0.2) is 11.2 Å². The van der Waals surface area contributed by atoms with Crippen molar-refractivity contribution in [3.63, 3.8) is 0 Å². The average molecular weight is 415 g/mol. The first-order chi connectivity index (χ1) is 13.9. The van der Waals surface area contributed by atoms with Crippen LogP contribution in [0.5, 0.6) is 0 Å². The van der Waals surface area contributed by atoms with Gasteiger partial charge in [0.2, 0.25) is 0 Å². The summed E-state index contributed by atoms with van der Waals surface area (Å²) >= 11 is 5.99. The van der Waals surface area contributed by atoms with Gasteiger partial charge in [-0.05, 0) is 48.9 Å². The van der Waals surface area contributed by atoms with Crippen LogP contribution in [0.2, 0.25) is 5.02 Å². The summed E-state index contributed by atoms with van der Waals surface area (Å²) < 4.78 is 30.8. The second-order valence-corrected chi connectivity index (χ2v) is 7.15. The number of halogens is 3. The van der Waals surface area contributed by atoms with Gasteiger partial charge in [-0.2, -0.15) is 0 Å². The fourth-order valence-corrected chi connectivity index (χ4v) is 3.47. The largest absolute Gasteiger partial charge is 0.315 e. The standard InChI is InChI=1S/C21H17ClF2N4O/c1-3-27-11-25-18-20(27)26-19(12(2)13-8-15(23)10-16(24)9-13)28(21(18)29)17-6-4-14(22)5-7-17/h4-12H,3H2,1-2H3. The maximum atomic E-state index is 13.8. The maximum Gasteiger partial charge on any atom is 0.286 e. The highest BCUT2D eigenvalue weighted by molar-refractivity contribution is 6.30. The Morgan fingerprint density at radius 3 is 2.38 bits per heavy atom. The molecule has 2 aromatic heterocycles. The molecule has 8 heteroatoms. The van der Waals surface area contributed by atoms with Crippen LogP contribution < -0.4 is 5.56 Å². The van der Waals surface area contributed by atoms with E-state index >= 15 is 0 Å². The maximum absolute atomic E-state index is 13.8. The summed E-state index contributed by atoms with van der Waals surface area (Å²) in [5.41, 5.74) is 1.21. The summed E-state index contributed by atoms with van der Waals surface area (Å²) in [5, 5.41) is 0.521. The van der Waals surface area contributed by atoms with E-state index in [4.69, 9.17) is 11.6 Å². The molecular formula is C21H17ClF2N4O. The van der Waals surface area contributed by atoms with E-state index in [9.17, 15) is 13.6 Å². The zero-order valence-corrected chi connectivity index (χ0v) is 16.5. The number of hydrogen-bond acceptors (Lipinski definition) is 3. The number of benzene rings is 2. The molecule has 4 aromatic rings. The zero-order chi connectivity index (χ0) is 20.7. The first kappa shape index (κ1) is 19.3. The molecular weight excluding hydrogens is 398 g/mol. The van der Waals surface area contributed by atoms with Gasteiger partial charge in [-0.1, -0.05) is 18.5 Å². The van der Waals surface area contributed by atoms with Gasteiger partial charge in [0.1, 0.15) is 17.5 Å². The third kappa shape index (κ3) is 3.42. The molecule has 5 nitrogen and oxygen atoms in total. The van der Waals surface area contributed by atoms with E-state index < -0.39 is 17.6 Å². The first-order valence-corrected chi connectivity index (χ1v) is 9.46. The van der Waals surface area contributed by atoms with Crippen LogP contribution in [0.25, 0.3) is 16.9 Å². The van der Waals surface area contributed by atoms with Crippen molar-refractivity contribution in [1.29, 1.82) is 0 Å². The Morgan fingerprint density at radius 1 is 1.10 bits per heavy atom. The predicted octanol–water partition coefficient (Wildman–Crippen LogP) is 4.69. The van der Waals surface area contributed by atoms with Gasteiger partial charge < -0.3 is 4.57 Å². The van der Waals surface area contributed by atoms with Gasteiger partial charge in [-0.3, -0.25) is 9.36 Å². The average Bonchev–Trinajstić information content (AvgIpc) is 3.11. The van der Waals surface area contributed by atoms with Crippen LogP contribution in [0.1, 0.15) is 31.2 Å². The van der Waals surface area contributed by atoms with E-state index in [2.05, 4.69) is 9.97 Å². The Labute approximate surface area is 170 Å². The van der Waals surface area contributed by atoms with E-state index in [1.54, 1.807) is 42.1 Å². The van der Waals surface area contributed by atoms with Crippen molar-refractivity contribution < 1.29 is 8.78 Å². The topological polar surface area (TPSA) is 52.7 Å². The van der Waals surface area contributed by atoms with Crippen molar-refractivity contribution in [1.82, 2.24) is 19.1 Å². The van der Waals surface area contributed by atoms with Crippen molar-refractivity contribution in [2.24, 2.45) is 0 Å². The lowest BCUT2D eigenvalue weighted by Gasteiger charge is -2.18. The van der Waals surface area contributed by atoms with Gasteiger partial charge in [0.25, 0.3) is 5.56 Å². The van der Waals surface area contributed by atoms with Crippen LogP contribution >= 0.6 is 11.6 Å². The van der Waals surface area contributed by atoms with Gasteiger partial charge in [-0.25, -0.2) is 18.7 Å². The van der Waals surface area contributed by atoms with Gasteiger partial charge in [0, 0.05) is 23.6 Å². The highest BCUT2D eigenvalue weighted by Crippen LogP contribution is 2.27. The Kier molecular flexibility index (Phi) is 4.92. The van der Waals surface area contributed by atoms with E-state index in [1.807, 2.05) is 6.92 Å². The Bertz CT molecular complexity index is 1240. The Hall–Kier alpha value is -3.06. The number of rotatable bonds is 4. The number of aryl methyl sites for hydroxylation is 1. The third-order valence-corrected chi connectivity index (χ3v) is 5.11. The molecule has 0 spiro atoms. The molecule has 0 aliphatic carbocycles. The molecule has 0 aliphatic heterocycles. The number of fused-ring (bicyclic) bond motifs is 1. The Balaban J connectivity index is 2.03. The minimum atomic E-state index is -0.688. The van der Waals surface area contributed by atoms with Crippen molar-refractivity contribution in [3.05, 3.63) is 87.2 Å². The van der Waals surface area contributed by atoms with E-state index in [0.29, 0.717) is 34.3 Å². The molecule has 0 saturated carbocycles. The van der Waals surface area contributed by atoms with Gasteiger partial charge in [-0.15, -0.1) is 0 Å². The lowest BCUT2D eigenvalue weighted by molar-refractivity contribution is 0.576. The zero-order valence-electron chi connectivity index (χ0n) is 15.7. The third-order valence-electron chi connectivity index (χ3n) is 4.86. The summed E-state index contributed by atoms with van der Waals surface area (Å²) in [4.78, 5) is 22.2. The van der Waals surface area contributed by atoms with Crippen LogP contribution in [0.3, 0.4) is 0 Å². The summed E-state index contributed by atoms with van der Waals surface area (Å²) in [6, 6.07) is 10.0. The van der Waals surface area contributed by atoms with E-state index in [1.165, 1.54) is 16.7 Å². The summed E-state index contributed by atoms with van der Waals surface area (Å²) in [7, 11) is 0. The van der Waals surface area contributed by atoms with Gasteiger partial charge >= 0.3 is 0 Å². The number of hydrogen-bond donors (Lipinski definition) is 0. The second-order valence-electron chi connectivity index (χ2n) is 6.71. The van der Waals surface area contributed by atoms with Crippen LogP contribution in [-0.2, 0) is 6.54 Å². The molecule has 0 N–H and O–H groups in total. The van der Waals surface area contributed by atoms with Crippen LogP contribution in [0.15, 0.2) is 53.6 Å². The van der Waals surface area contributed by atoms with Crippen molar-refractivity contribution >= 4 is 22.8 Å². The number of aromatic nitrogens is 4. The number of imidazole rings is 1. The molecule has 0 aliphatic rings. The summed E-state index contributed by atoms with van der Waals surface area (Å²) in [5.74, 6) is -1.59. The number of nitrogens with zero attached hydrogens (tertiary/aromatic N) is 4. The van der Waals surface area contributed by atoms with Gasteiger partial charge in [0.05, 0.1) is 12.0 Å². The van der Waals surface area contributed by atoms with Crippen molar-refractivity contribution in [3.8, 4) is 5.69 Å². The molecule has 2 heterocycles. The van der Waals surface area contributed by atoms with Crippen molar-refractivity contribution in [2.45, 2.75) is 26.3 Å².